The molecule has 1 aromatic rings. The number of amides is 1. The Labute approximate surface area is 106 Å². The monoisotopic (exact) mass is 247 g/mol. The topological polar surface area (TPSA) is 55.3 Å². The molecule has 0 radical (unpaired) electrons. The fourth-order valence-corrected chi connectivity index (χ4v) is 1.86. The Morgan fingerprint density at radius 2 is 2.17 bits per heavy atom. The molecule has 96 valence electrons. The molecule has 0 saturated carbocycles. The van der Waals surface area contributed by atoms with Crippen molar-refractivity contribution >= 4 is 5.91 Å². The molecule has 0 bridgehead atoms. The van der Waals surface area contributed by atoms with Crippen LogP contribution in [0.2, 0.25) is 0 Å². The molecule has 0 aromatic carbocycles. The molecule has 2 rings (SSSR count). The van der Waals surface area contributed by atoms with E-state index in [0.717, 1.165) is 18.5 Å². The highest BCUT2D eigenvalue weighted by molar-refractivity contribution is 5.88. The normalized spacial score (nSPS) is 18.6. The van der Waals surface area contributed by atoms with Gasteiger partial charge in [0.05, 0.1) is 6.54 Å². The third-order valence-electron chi connectivity index (χ3n) is 2.68. The molecule has 0 unspecified atom stereocenters. The van der Waals surface area contributed by atoms with Gasteiger partial charge in [-0.15, -0.1) is 0 Å². The predicted octanol–water partition coefficient (Wildman–Crippen LogP) is 1.42. The first kappa shape index (κ1) is 12.5. The summed E-state index contributed by atoms with van der Waals surface area (Å²) in [6.07, 6.45) is 5.75. The third kappa shape index (κ3) is 3.29. The molecule has 1 amide bonds. The van der Waals surface area contributed by atoms with Crippen molar-refractivity contribution in [1.82, 2.24) is 14.9 Å². The molecule has 1 fully saturated rings. The van der Waals surface area contributed by atoms with Gasteiger partial charge < -0.3 is 9.64 Å². The van der Waals surface area contributed by atoms with E-state index in [4.69, 9.17) is 4.74 Å². The summed E-state index contributed by atoms with van der Waals surface area (Å²) in [6, 6.07) is 2.12. The van der Waals surface area contributed by atoms with Crippen LogP contribution in [0, 0.1) is 0 Å². The van der Waals surface area contributed by atoms with E-state index >= 15 is 0 Å². The van der Waals surface area contributed by atoms with Gasteiger partial charge in [0.15, 0.2) is 0 Å². The zero-order chi connectivity index (χ0) is 13.0. The van der Waals surface area contributed by atoms with Crippen LogP contribution >= 0.6 is 0 Å². The maximum atomic E-state index is 11.8. The van der Waals surface area contributed by atoms with Crippen molar-refractivity contribution in [2.24, 2.45) is 0 Å². The molecule has 1 saturated heterocycles. The zero-order valence-corrected chi connectivity index (χ0v) is 10.7. The fraction of sp³-hybridized carbons (Fsp3) is 0.462. The number of allylic oxidation sites excluding steroid dienone is 1. The maximum absolute atomic E-state index is 11.8. The SMILES string of the molecule is CC(C)=CC(=O)N1CC[C@@H](Oc2ncccn2)C1. The van der Waals surface area contributed by atoms with E-state index in [1.807, 2.05) is 13.8 Å². The quantitative estimate of drug-likeness (QED) is 0.758. The highest BCUT2D eigenvalue weighted by atomic mass is 16.5. The van der Waals surface area contributed by atoms with E-state index in [1.54, 1.807) is 29.4 Å². The largest absolute Gasteiger partial charge is 0.458 e. The molecule has 1 aromatic heterocycles. The molecule has 5 nitrogen and oxygen atoms in total. The average molecular weight is 247 g/mol. The number of carbonyl (C=O) groups is 1. The van der Waals surface area contributed by atoms with E-state index < -0.39 is 0 Å². The number of rotatable bonds is 3. The van der Waals surface area contributed by atoms with Crippen molar-refractivity contribution in [2.45, 2.75) is 26.4 Å². The van der Waals surface area contributed by atoms with E-state index in [2.05, 4.69) is 9.97 Å². The Balaban J connectivity index is 1.89. The number of hydrogen-bond donors (Lipinski definition) is 0. The van der Waals surface area contributed by atoms with E-state index in [1.165, 1.54) is 0 Å². The highest BCUT2D eigenvalue weighted by Gasteiger charge is 2.27. The fourth-order valence-electron chi connectivity index (χ4n) is 1.86. The second-order valence-electron chi connectivity index (χ2n) is 4.57. The van der Waals surface area contributed by atoms with Crippen molar-refractivity contribution < 1.29 is 9.53 Å². The molecule has 2 heterocycles. The van der Waals surface area contributed by atoms with Crippen molar-refractivity contribution in [3.05, 3.63) is 30.1 Å². The summed E-state index contributed by atoms with van der Waals surface area (Å²) in [7, 11) is 0. The molecule has 5 heteroatoms. The second-order valence-corrected chi connectivity index (χ2v) is 4.57. The third-order valence-corrected chi connectivity index (χ3v) is 2.68. The molecule has 18 heavy (non-hydrogen) atoms. The molecule has 0 N–H and O–H groups in total. The first-order valence-electron chi connectivity index (χ1n) is 6.02. The first-order chi connectivity index (χ1) is 8.65. The lowest BCUT2D eigenvalue weighted by Crippen LogP contribution is -2.29. The van der Waals surface area contributed by atoms with Crippen LogP contribution < -0.4 is 4.74 Å². The number of aromatic nitrogens is 2. The minimum atomic E-state index is -0.0121. The Bertz CT molecular complexity index is 441. The van der Waals surface area contributed by atoms with Crippen LogP contribution in [0.3, 0.4) is 0 Å². The molecular weight excluding hydrogens is 230 g/mol. The molecule has 1 aliphatic heterocycles. The van der Waals surface area contributed by atoms with Gasteiger partial charge in [0.2, 0.25) is 5.91 Å². The summed E-state index contributed by atoms with van der Waals surface area (Å²) in [6.45, 7) is 5.15. The molecule has 1 aliphatic rings. The van der Waals surface area contributed by atoms with Crippen LogP contribution in [0.4, 0.5) is 0 Å². The zero-order valence-electron chi connectivity index (χ0n) is 10.7. The van der Waals surface area contributed by atoms with Crippen LogP contribution in [-0.4, -0.2) is 40.0 Å². The van der Waals surface area contributed by atoms with Gasteiger partial charge in [0.1, 0.15) is 6.10 Å². The maximum Gasteiger partial charge on any atom is 0.316 e. The van der Waals surface area contributed by atoms with Crippen LogP contribution in [0.1, 0.15) is 20.3 Å². The molecular formula is C13H17N3O2. The highest BCUT2D eigenvalue weighted by Crippen LogP contribution is 2.15. The number of likely N-dealkylation sites (tertiary alicyclic amines) is 1. The number of nitrogens with zero attached hydrogens (tertiary/aromatic N) is 3. The van der Waals surface area contributed by atoms with Crippen LogP contribution in [0.15, 0.2) is 30.1 Å². The Kier molecular flexibility index (Phi) is 3.92. The van der Waals surface area contributed by atoms with E-state index in [9.17, 15) is 4.79 Å². The van der Waals surface area contributed by atoms with Gasteiger partial charge in [-0.3, -0.25) is 4.79 Å². The average Bonchev–Trinajstić information content (AvgIpc) is 2.78. The first-order valence-corrected chi connectivity index (χ1v) is 6.02. The number of ether oxygens (including phenoxy) is 1. The van der Waals surface area contributed by atoms with Crippen LogP contribution in [0.5, 0.6) is 6.01 Å². The lowest BCUT2D eigenvalue weighted by Gasteiger charge is -2.14. The van der Waals surface area contributed by atoms with Crippen LogP contribution in [0.25, 0.3) is 0 Å². The number of hydrogen-bond acceptors (Lipinski definition) is 4. The Morgan fingerprint density at radius 1 is 1.44 bits per heavy atom. The Morgan fingerprint density at radius 3 is 2.83 bits per heavy atom. The Hall–Kier alpha value is -1.91. The van der Waals surface area contributed by atoms with Crippen molar-refractivity contribution in [2.75, 3.05) is 13.1 Å². The van der Waals surface area contributed by atoms with Gasteiger partial charge in [-0.25, -0.2) is 9.97 Å². The molecule has 1 atom stereocenters. The molecule has 0 spiro atoms. The summed E-state index contributed by atoms with van der Waals surface area (Å²) < 4.78 is 5.62. The summed E-state index contributed by atoms with van der Waals surface area (Å²) in [5, 5.41) is 0. The van der Waals surface area contributed by atoms with Gasteiger partial charge in [0.25, 0.3) is 0 Å². The van der Waals surface area contributed by atoms with Crippen molar-refractivity contribution in [3.63, 3.8) is 0 Å². The lowest BCUT2D eigenvalue weighted by molar-refractivity contribution is -0.125. The van der Waals surface area contributed by atoms with Gasteiger partial charge in [-0.05, 0) is 19.9 Å². The smallest absolute Gasteiger partial charge is 0.316 e. The predicted molar refractivity (Wildman–Crippen MR) is 67.1 cm³/mol. The summed E-state index contributed by atoms with van der Waals surface area (Å²) in [4.78, 5) is 21.6. The van der Waals surface area contributed by atoms with Crippen molar-refractivity contribution in [3.8, 4) is 6.01 Å². The minimum absolute atomic E-state index is 0.0121. The minimum Gasteiger partial charge on any atom is -0.458 e. The van der Waals surface area contributed by atoms with Gasteiger partial charge in [-0.1, -0.05) is 5.57 Å². The second kappa shape index (κ2) is 5.62. The number of carbonyl (C=O) groups excluding carboxylic acids is 1. The van der Waals surface area contributed by atoms with Gasteiger partial charge >= 0.3 is 6.01 Å². The van der Waals surface area contributed by atoms with Gasteiger partial charge in [0, 0.05) is 31.4 Å². The standard InChI is InChI=1S/C13H17N3O2/c1-10(2)8-12(17)16-7-4-11(9-16)18-13-14-5-3-6-15-13/h3,5-6,8,11H,4,7,9H2,1-2H3/t11-/m1/s1. The van der Waals surface area contributed by atoms with Crippen LogP contribution in [-0.2, 0) is 4.79 Å². The summed E-state index contributed by atoms with van der Waals surface area (Å²) in [5.74, 6) is 0.0510. The lowest BCUT2D eigenvalue weighted by atomic mass is 10.3. The van der Waals surface area contributed by atoms with E-state index in [-0.39, 0.29) is 12.0 Å². The molecule has 0 aliphatic carbocycles. The van der Waals surface area contributed by atoms with Gasteiger partial charge in [-0.2, -0.15) is 0 Å². The van der Waals surface area contributed by atoms with Crippen molar-refractivity contribution in [1.29, 1.82) is 0 Å². The van der Waals surface area contributed by atoms with E-state index in [0.29, 0.717) is 12.6 Å². The summed E-state index contributed by atoms with van der Waals surface area (Å²) >= 11 is 0. The summed E-state index contributed by atoms with van der Waals surface area (Å²) in [5.41, 5.74) is 1.01.